The molecule has 0 atom stereocenters. The number of unbranched alkanes of at least 4 members (excludes halogenated alkanes) is 3. The zero-order valence-electron chi connectivity index (χ0n) is 11.8. The third-order valence-electron chi connectivity index (χ3n) is 3.31. The minimum absolute atomic E-state index is 0.0257. The third kappa shape index (κ3) is 3.50. The number of aromatic hydroxyl groups is 1. The molecule has 2 aromatic rings. The number of ether oxygens (including phenoxy) is 1. The van der Waals surface area contributed by atoms with Gasteiger partial charge in [-0.2, -0.15) is 0 Å². The van der Waals surface area contributed by atoms with Crippen molar-refractivity contribution in [3.8, 4) is 5.75 Å². The second kappa shape index (κ2) is 6.94. The smallest absolute Gasteiger partial charge is 0.341 e. The average molecular weight is 272 g/mol. The monoisotopic (exact) mass is 272 g/mol. The van der Waals surface area contributed by atoms with E-state index in [2.05, 4.69) is 6.92 Å². The molecular formula is C17H20O3. The average Bonchev–Trinajstić information content (AvgIpc) is 2.46. The molecule has 0 heterocycles. The van der Waals surface area contributed by atoms with Crippen LogP contribution in [0.4, 0.5) is 0 Å². The molecule has 0 saturated carbocycles. The Morgan fingerprint density at radius 3 is 2.50 bits per heavy atom. The Kier molecular flexibility index (Phi) is 4.99. The normalized spacial score (nSPS) is 10.7. The van der Waals surface area contributed by atoms with Gasteiger partial charge in [0.15, 0.2) is 0 Å². The van der Waals surface area contributed by atoms with Crippen LogP contribution >= 0.6 is 0 Å². The Bertz CT molecular complexity index is 590. The van der Waals surface area contributed by atoms with Crippen LogP contribution in [0.5, 0.6) is 5.75 Å². The number of phenols is 1. The molecule has 0 bridgehead atoms. The van der Waals surface area contributed by atoms with Gasteiger partial charge in [-0.3, -0.25) is 0 Å². The summed E-state index contributed by atoms with van der Waals surface area (Å²) in [5, 5.41) is 11.7. The van der Waals surface area contributed by atoms with E-state index in [1.54, 1.807) is 12.1 Å². The van der Waals surface area contributed by atoms with Crippen LogP contribution in [0.25, 0.3) is 10.8 Å². The molecule has 106 valence electrons. The van der Waals surface area contributed by atoms with Gasteiger partial charge in [0.05, 0.1) is 6.61 Å². The molecule has 3 nitrogen and oxygen atoms in total. The summed E-state index contributed by atoms with van der Waals surface area (Å²) in [7, 11) is 0. The van der Waals surface area contributed by atoms with Crippen LogP contribution in [0, 0.1) is 0 Å². The Morgan fingerprint density at radius 2 is 1.80 bits per heavy atom. The minimum Gasteiger partial charge on any atom is -0.507 e. The van der Waals surface area contributed by atoms with Gasteiger partial charge >= 0.3 is 5.97 Å². The van der Waals surface area contributed by atoms with E-state index in [1.807, 2.05) is 24.3 Å². The molecule has 2 aromatic carbocycles. The Morgan fingerprint density at radius 1 is 1.10 bits per heavy atom. The second-order valence-electron chi connectivity index (χ2n) is 4.91. The Hall–Kier alpha value is -2.03. The van der Waals surface area contributed by atoms with Crippen molar-refractivity contribution < 1.29 is 14.6 Å². The highest BCUT2D eigenvalue weighted by atomic mass is 16.5. The fourth-order valence-corrected chi connectivity index (χ4v) is 2.16. The summed E-state index contributed by atoms with van der Waals surface area (Å²) in [6, 6.07) is 10.9. The summed E-state index contributed by atoms with van der Waals surface area (Å²) < 4.78 is 5.21. The highest BCUT2D eigenvalue weighted by Crippen LogP contribution is 2.25. The SMILES string of the molecule is CCCCCCOC(=O)c1cc2ccccc2cc1O. The zero-order chi connectivity index (χ0) is 14.4. The van der Waals surface area contributed by atoms with Crippen molar-refractivity contribution in [1.82, 2.24) is 0 Å². The molecule has 0 fully saturated rings. The van der Waals surface area contributed by atoms with Crippen LogP contribution in [0.3, 0.4) is 0 Å². The number of carbonyl (C=O) groups excluding carboxylic acids is 1. The molecule has 0 aliphatic heterocycles. The number of fused-ring (bicyclic) bond motifs is 1. The molecule has 0 aliphatic carbocycles. The lowest BCUT2D eigenvalue weighted by Crippen LogP contribution is -2.06. The third-order valence-corrected chi connectivity index (χ3v) is 3.31. The maximum atomic E-state index is 12.0. The van der Waals surface area contributed by atoms with Crippen molar-refractivity contribution in [2.75, 3.05) is 6.61 Å². The van der Waals surface area contributed by atoms with E-state index in [4.69, 9.17) is 4.74 Å². The maximum absolute atomic E-state index is 12.0. The lowest BCUT2D eigenvalue weighted by Gasteiger charge is -2.08. The zero-order valence-corrected chi connectivity index (χ0v) is 11.8. The summed E-state index contributed by atoms with van der Waals surface area (Å²) in [6.45, 7) is 2.55. The molecule has 20 heavy (non-hydrogen) atoms. The number of phenolic OH excluding ortho intramolecular Hbond substituents is 1. The molecule has 0 unspecified atom stereocenters. The quantitative estimate of drug-likeness (QED) is 0.630. The van der Waals surface area contributed by atoms with Crippen molar-refractivity contribution in [3.63, 3.8) is 0 Å². The van der Waals surface area contributed by atoms with Crippen molar-refractivity contribution in [2.24, 2.45) is 0 Å². The van der Waals surface area contributed by atoms with Crippen LogP contribution in [0.1, 0.15) is 43.0 Å². The maximum Gasteiger partial charge on any atom is 0.341 e. The number of benzene rings is 2. The van der Waals surface area contributed by atoms with Gasteiger partial charge in [-0.15, -0.1) is 0 Å². The van der Waals surface area contributed by atoms with Gasteiger partial charge < -0.3 is 9.84 Å². The first kappa shape index (κ1) is 14.4. The lowest BCUT2D eigenvalue weighted by molar-refractivity contribution is 0.0495. The molecule has 0 aliphatic rings. The summed E-state index contributed by atoms with van der Waals surface area (Å²) in [6.07, 6.45) is 4.24. The molecule has 0 amide bonds. The van der Waals surface area contributed by atoms with E-state index in [9.17, 15) is 9.90 Å². The topological polar surface area (TPSA) is 46.5 Å². The highest BCUT2D eigenvalue weighted by molar-refractivity contribution is 5.98. The molecule has 0 radical (unpaired) electrons. The van der Waals surface area contributed by atoms with Gasteiger partial charge in [0.25, 0.3) is 0 Å². The van der Waals surface area contributed by atoms with Crippen molar-refractivity contribution in [3.05, 3.63) is 42.0 Å². The number of hydrogen-bond acceptors (Lipinski definition) is 3. The molecular weight excluding hydrogens is 252 g/mol. The summed E-state index contributed by atoms with van der Waals surface area (Å²) in [4.78, 5) is 12.0. The molecule has 1 N–H and O–H groups in total. The molecule has 3 heteroatoms. The first-order valence-corrected chi connectivity index (χ1v) is 7.11. The van der Waals surface area contributed by atoms with Gasteiger partial charge in [0.2, 0.25) is 0 Å². The van der Waals surface area contributed by atoms with Crippen molar-refractivity contribution in [2.45, 2.75) is 32.6 Å². The van der Waals surface area contributed by atoms with Gasteiger partial charge in [-0.05, 0) is 29.3 Å². The summed E-state index contributed by atoms with van der Waals surface area (Å²) in [5.41, 5.74) is 0.235. The Labute approximate surface area is 119 Å². The fraction of sp³-hybridized carbons (Fsp3) is 0.353. The molecule has 0 saturated heterocycles. The van der Waals surface area contributed by atoms with E-state index in [1.165, 1.54) is 0 Å². The Balaban J connectivity index is 2.04. The second-order valence-corrected chi connectivity index (χ2v) is 4.91. The van der Waals surface area contributed by atoms with Gasteiger partial charge in [-0.25, -0.2) is 4.79 Å². The predicted molar refractivity (Wildman–Crippen MR) is 80.0 cm³/mol. The number of rotatable bonds is 6. The predicted octanol–water partition coefficient (Wildman–Crippen LogP) is 4.28. The first-order valence-electron chi connectivity index (χ1n) is 7.11. The largest absolute Gasteiger partial charge is 0.507 e. The number of esters is 1. The molecule has 0 aromatic heterocycles. The van der Waals surface area contributed by atoms with Crippen LogP contribution in [0.2, 0.25) is 0 Å². The van der Waals surface area contributed by atoms with E-state index in [-0.39, 0.29) is 11.3 Å². The van der Waals surface area contributed by atoms with Gasteiger partial charge in [0.1, 0.15) is 11.3 Å². The van der Waals surface area contributed by atoms with Gasteiger partial charge in [-0.1, -0.05) is 50.5 Å². The first-order chi connectivity index (χ1) is 9.72. The minimum atomic E-state index is -0.454. The molecule has 2 rings (SSSR count). The lowest BCUT2D eigenvalue weighted by atomic mass is 10.1. The standard InChI is InChI=1S/C17H20O3/c1-2-3-4-7-10-20-17(19)15-11-13-8-5-6-9-14(13)12-16(15)18/h5-6,8-9,11-12,18H,2-4,7,10H2,1H3. The van der Waals surface area contributed by atoms with Crippen molar-refractivity contribution >= 4 is 16.7 Å². The summed E-state index contributed by atoms with van der Waals surface area (Å²) >= 11 is 0. The van der Waals surface area contributed by atoms with E-state index in [0.29, 0.717) is 6.61 Å². The van der Waals surface area contributed by atoms with E-state index < -0.39 is 5.97 Å². The fourth-order valence-electron chi connectivity index (χ4n) is 2.16. The van der Waals surface area contributed by atoms with Crippen molar-refractivity contribution in [1.29, 1.82) is 0 Å². The van der Waals surface area contributed by atoms with Crippen LogP contribution < -0.4 is 0 Å². The van der Waals surface area contributed by atoms with Crippen LogP contribution in [-0.4, -0.2) is 17.7 Å². The van der Waals surface area contributed by atoms with E-state index >= 15 is 0 Å². The number of hydrogen-bond donors (Lipinski definition) is 1. The van der Waals surface area contributed by atoms with Crippen LogP contribution in [-0.2, 0) is 4.74 Å². The van der Waals surface area contributed by atoms with Gasteiger partial charge in [0, 0.05) is 0 Å². The summed E-state index contributed by atoms with van der Waals surface area (Å²) in [5.74, 6) is -0.480. The van der Waals surface area contributed by atoms with E-state index in [0.717, 1.165) is 36.5 Å². The van der Waals surface area contributed by atoms with Crippen LogP contribution in [0.15, 0.2) is 36.4 Å². The number of carbonyl (C=O) groups is 1. The molecule has 0 spiro atoms. The highest BCUT2D eigenvalue weighted by Gasteiger charge is 2.13.